The van der Waals surface area contributed by atoms with Crippen molar-refractivity contribution in [2.45, 2.75) is 51.6 Å². The van der Waals surface area contributed by atoms with Gasteiger partial charge in [-0.05, 0) is 59.9 Å². The third-order valence-corrected chi connectivity index (χ3v) is 6.51. The van der Waals surface area contributed by atoms with Gasteiger partial charge in [0.05, 0.1) is 16.6 Å². The number of halogens is 6. The summed E-state index contributed by atoms with van der Waals surface area (Å²) in [6, 6.07) is 6.82. The van der Waals surface area contributed by atoms with Gasteiger partial charge in [0.15, 0.2) is 5.82 Å². The van der Waals surface area contributed by atoms with Crippen LogP contribution in [-0.4, -0.2) is 11.2 Å². The molecular weight excluding hydrogens is 452 g/mol. The summed E-state index contributed by atoms with van der Waals surface area (Å²) in [5, 5.41) is -0.741. The molecule has 178 valence electrons. The van der Waals surface area contributed by atoms with Crippen LogP contribution in [0.3, 0.4) is 0 Å². The van der Waals surface area contributed by atoms with E-state index in [-0.39, 0.29) is 5.39 Å². The predicted molar refractivity (Wildman–Crippen MR) is 119 cm³/mol. The first-order valence-electron chi connectivity index (χ1n) is 11.3. The number of pyridine rings is 1. The number of rotatable bonds is 4. The zero-order valence-corrected chi connectivity index (χ0v) is 18.6. The minimum atomic E-state index is -4.93. The molecule has 0 radical (unpaired) electrons. The lowest BCUT2D eigenvalue weighted by atomic mass is 9.80. The molecule has 1 aliphatic carbocycles. The number of benzene rings is 2. The maximum atomic E-state index is 14.8. The van der Waals surface area contributed by atoms with E-state index in [1.165, 1.54) is 37.7 Å². The molecule has 0 N–H and O–H groups in total. The van der Waals surface area contributed by atoms with E-state index >= 15 is 0 Å². The lowest BCUT2D eigenvalue weighted by Crippen LogP contribution is -2.12. The molecule has 0 bridgehead atoms. The van der Waals surface area contributed by atoms with Crippen LogP contribution in [0.4, 0.5) is 26.3 Å². The van der Waals surface area contributed by atoms with Crippen molar-refractivity contribution < 1.29 is 26.3 Å². The molecule has 0 atom stereocenters. The zero-order chi connectivity index (χ0) is 24.5. The Balaban J connectivity index is 1.57. The van der Waals surface area contributed by atoms with Gasteiger partial charge in [-0.15, -0.1) is 0 Å². The summed E-state index contributed by atoms with van der Waals surface area (Å²) in [5.74, 6) is -0.0116. The van der Waals surface area contributed by atoms with Gasteiger partial charge in [-0.25, -0.2) is 13.2 Å². The largest absolute Gasteiger partial charge is 0.458 e. The summed E-state index contributed by atoms with van der Waals surface area (Å²) in [5.41, 5.74) is 0.684. The maximum absolute atomic E-state index is 14.8. The van der Waals surface area contributed by atoms with Crippen LogP contribution in [0.15, 0.2) is 36.5 Å². The van der Waals surface area contributed by atoms with Crippen LogP contribution in [0.25, 0.3) is 22.0 Å². The molecule has 34 heavy (non-hydrogen) atoms. The third-order valence-electron chi connectivity index (χ3n) is 6.51. The van der Waals surface area contributed by atoms with Crippen molar-refractivity contribution in [2.24, 2.45) is 11.8 Å². The van der Waals surface area contributed by atoms with E-state index < -0.39 is 34.6 Å². The average Bonchev–Trinajstić information content (AvgIpc) is 2.77. The topological polar surface area (TPSA) is 12.9 Å². The summed E-state index contributed by atoms with van der Waals surface area (Å²) in [7, 11) is 0. The average molecular weight is 475 g/mol. The van der Waals surface area contributed by atoms with Gasteiger partial charge in [0, 0.05) is 17.7 Å². The van der Waals surface area contributed by atoms with Crippen molar-refractivity contribution in [2.75, 3.05) is 0 Å². The molecule has 4 rings (SSSR count). The number of fused-ring (bicyclic) bond motifs is 1. The molecule has 0 spiro atoms. The Bertz CT molecular complexity index is 1240. The molecule has 0 amide bonds. The zero-order valence-electron chi connectivity index (χ0n) is 18.6. The van der Waals surface area contributed by atoms with E-state index in [1.807, 2.05) is 6.07 Å². The summed E-state index contributed by atoms with van der Waals surface area (Å²) >= 11 is 0. The van der Waals surface area contributed by atoms with E-state index in [9.17, 15) is 26.3 Å². The van der Waals surface area contributed by atoms with E-state index in [0.29, 0.717) is 11.3 Å². The van der Waals surface area contributed by atoms with E-state index in [1.54, 1.807) is 12.3 Å². The van der Waals surface area contributed by atoms with Crippen molar-refractivity contribution in [1.29, 1.82) is 0 Å². The molecule has 1 aliphatic rings. The quantitative estimate of drug-likeness (QED) is 0.275. The molecular formula is C27H23F6N. The van der Waals surface area contributed by atoms with Crippen LogP contribution in [0.1, 0.15) is 50.2 Å². The molecule has 1 saturated carbocycles. The Morgan fingerprint density at radius 3 is 2.35 bits per heavy atom. The molecule has 1 aromatic heterocycles. The highest BCUT2D eigenvalue weighted by atomic mass is 19.4. The first kappa shape index (κ1) is 24.1. The van der Waals surface area contributed by atoms with Gasteiger partial charge in [0.1, 0.15) is 11.6 Å². The fourth-order valence-electron chi connectivity index (χ4n) is 4.54. The predicted octanol–water partition coefficient (Wildman–Crippen LogP) is 7.99. The van der Waals surface area contributed by atoms with Crippen molar-refractivity contribution in [3.8, 4) is 23.1 Å². The number of aromatic nitrogens is 1. The number of aryl methyl sites for hydroxylation is 1. The van der Waals surface area contributed by atoms with Crippen molar-refractivity contribution in [3.63, 3.8) is 0 Å². The highest BCUT2D eigenvalue weighted by Crippen LogP contribution is 2.33. The lowest BCUT2D eigenvalue weighted by molar-refractivity contribution is -0.0696. The molecule has 0 unspecified atom stereocenters. The van der Waals surface area contributed by atoms with Gasteiger partial charge in [0.25, 0.3) is 0 Å². The van der Waals surface area contributed by atoms with Crippen molar-refractivity contribution >= 4 is 10.8 Å². The van der Waals surface area contributed by atoms with Crippen LogP contribution in [-0.2, 0) is 6.42 Å². The Morgan fingerprint density at radius 1 is 0.971 bits per heavy atom. The van der Waals surface area contributed by atoms with Crippen LogP contribution in [0.5, 0.6) is 0 Å². The standard InChI is InChI=1S/C27H23F6N/c1-16-2-4-17(5-3-16)6-7-18-8-9-24(34-15-18)19-12-20-14-22(28)21(10-11-27(31,32)33)26(30)25(20)23(29)13-19/h8-9,12-17H,2-7H2,1H3. The fraction of sp³-hybridized carbons (Fsp3) is 0.370. The number of alkyl halides is 3. The van der Waals surface area contributed by atoms with Gasteiger partial charge >= 0.3 is 6.18 Å². The summed E-state index contributed by atoms with van der Waals surface area (Å²) in [6.45, 7) is 2.29. The molecule has 1 heterocycles. The van der Waals surface area contributed by atoms with Gasteiger partial charge in [0.2, 0.25) is 0 Å². The monoisotopic (exact) mass is 475 g/mol. The number of hydrogen-bond acceptors (Lipinski definition) is 1. The van der Waals surface area contributed by atoms with E-state index in [0.717, 1.165) is 48.3 Å². The summed E-state index contributed by atoms with van der Waals surface area (Å²) in [6.07, 6.45) is 3.83. The van der Waals surface area contributed by atoms with E-state index in [4.69, 9.17) is 0 Å². The lowest BCUT2D eigenvalue weighted by Gasteiger charge is -2.26. The second kappa shape index (κ2) is 9.69. The summed E-state index contributed by atoms with van der Waals surface area (Å²) < 4.78 is 80.7. The van der Waals surface area contributed by atoms with Crippen LogP contribution in [0, 0.1) is 41.1 Å². The normalized spacial score (nSPS) is 18.6. The smallest absolute Gasteiger partial charge is 0.256 e. The highest BCUT2D eigenvalue weighted by molar-refractivity contribution is 5.89. The third kappa shape index (κ3) is 5.55. The SMILES string of the molecule is CC1CCC(CCc2ccc(-c3cc(F)c4c(F)c(C#CC(F)(F)F)c(F)cc4c3)nc2)CC1. The number of hydrogen-bond donors (Lipinski definition) is 0. The maximum Gasteiger partial charge on any atom is 0.458 e. The second-order valence-electron chi connectivity index (χ2n) is 9.07. The summed E-state index contributed by atoms with van der Waals surface area (Å²) in [4.78, 5) is 4.39. The van der Waals surface area contributed by atoms with Crippen LogP contribution in [0.2, 0.25) is 0 Å². The molecule has 3 aromatic rings. The Labute approximate surface area is 194 Å². The molecule has 0 aliphatic heterocycles. The Hall–Kier alpha value is -3.01. The van der Waals surface area contributed by atoms with Gasteiger partial charge in [-0.1, -0.05) is 44.6 Å². The van der Waals surface area contributed by atoms with E-state index in [2.05, 4.69) is 11.9 Å². The van der Waals surface area contributed by atoms with Gasteiger partial charge < -0.3 is 0 Å². The molecule has 0 saturated heterocycles. The molecule has 1 nitrogen and oxygen atoms in total. The molecule has 1 fully saturated rings. The molecule has 2 aromatic carbocycles. The molecule has 7 heteroatoms. The second-order valence-corrected chi connectivity index (χ2v) is 9.07. The van der Waals surface area contributed by atoms with Crippen molar-refractivity contribution in [1.82, 2.24) is 4.98 Å². The van der Waals surface area contributed by atoms with Crippen molar-refractivity contribution in [3.05, 3.63) is 65.1 Å². The first-order valence-corrected chi connectivity index (χ1v) is 11.3. The minimum Gasteiger partial charge on any atom is -0.256 e. The fourth-order valence-corrected chi connectivity index (χ4v) is 4.54. The van der Waals surface area contributed by atoms with Crippen LogP contribution >= 0.6 is 0 Å². The van der Waals surface area contributed by atoms with Gasteiger partial charge in [-0.2, -0.15) is 13.2 Å². The van der Waals surface area contributed by atoms with Crippen LogP contribution < -0.4 is 0 Å². The first-order chi connectivity index (χ1) is 16.1. The highest BCUT2D eigenvalue weighted by Gasteiger charge is 2.24. The number of nitrogens with zero attached hydrogens (tertiary/aromatic N) is 1. The Morgan fingerprint density at radius 2 is 1.71 bits per heavy atom. The van der Waals surface area contributed by atoms with Gasteiger partial charge in [-0.3, -0.25) is 4.98 Å². The Kier molecular flexibility index (Phi) is 6.88. The minimum absolute atomic E-state index is 0.125.